The van der Waals surface area contributed by atoms with Crippen molar-refractivity contribution in [1.82, 2.24) is 20.2 Å². The minimum atomic E-state index is 0.466. The zero-order valence-electron chi connectivity index (χ0n) is 17.8. The first-order valence-electron chi connectivity index (χ1n) is 11.5. The first-order valence-corrected chi connectivity index (χ1v) is 11.5. The Kier molecular flexibility index (Phi) is 5.13. The van der Waals surface area contributed by atoms with Gasteiger partial charge in [0.25, 0.3) is 0 Å². The maximum absolute atomic E-state index is 6.22. The van der Waals surface area contributed by atoms with Crippen LogP contribution >= 0.6 is 0 Å². The van der Waals surface area contributed by atoms with E-state index in [0.29, 0.717) is 18.6 Å². The second-order valence-corrected chi connectivity index (χ2v) is 8.94. The highest BCUT2D eigenvalue weighted by Crippen LogP contribution is 2.39. The van der Waals surface area contributed by atoms with Gasteiger partial charge in [0.2, 0.25) is 0 Å². The van der Waals surface area contributed by atoms with Crippen LogP contribution in [0.4, 0.5) is 17.3 Å². The minimum Gasteiger partial charge on any atom is -0.486 e. The Bertz CT molecular complexity index is 944. The molecule has 2 aromatic rings. The topological polar surface area (TPSA) is 74.8 Å². The molecule has 8 nitrogen and oxygen atoms in total. The van der Waals surface area contributed by atoms with Gasteiger partial charge in [-0.15, -0.1) is 0 Å². The van der Waals surface area contributed by atoms with Gasteiger partial charge in [0.05, 0.1) is 24.5 Å². The number of anilines is 3. The molecule has 0 saturated carbocycles. The standard InChI is InChI=1S/C23H30N6O2/c1-2-17(13-29(5-1)18-11-24-12-18)16-3-4-21-20(10-16)27-22-19(14-31-21)23(26-15-25-22)28-6-8-30-9-7-28/h3-4,10,15,17-18,24H,1-2,5-9,11-14H2,(H,25,26,27). The molecule has 1 aromatic heterocycles. The molecular formula is C23H30N6O2. The van der Waals surface area contributed by atoms with Crippen LogP contribution in [0.15, 0.2) is 24.5 Å². The molecule has 0 amide bonds. The number of hydrogen-bond donors (Lipinski definition) is 2. The molecule has 2 N–H and O–H groups in total. The van der Waals surface area contributed by atoms with Crippen LogP contribution in [0.25, 0.3) is 0 Å². The quantitative estimate of drug-likeness (QED) is 0.779. The summed E-state index contributed by atoms with van der Waals surface area (Å²) in [5.74, 6) is 3.24. The number of benzene rings is 1. The number of likely N-dealkylation sites (tertiary alicyclic amines) is 1. The Balaban J connectivity index is 1.25. The molecule has 164 valence electrons. The zero-order valence-corrected chi connectivity index (χ0v) is 17.8. The van der Waals surface area contributed by atoms with Gasteiger partial charge in [-0.2, -0.15) is 0 Å². The summed E-state index contributed by atoms with van der Waals surface area (Å²) in [6.07, 6.45) is 4.16. The summed E-state index contributed by atoms with van der Waals surface area (Å²) < 4.78 is 11.7. The summed E-state index contributed by atoms with van der Waals surface area (Å²) in [5, 5.41) is 6.97. The van der Waals surface area contributed by atoms with E-state index in [0.717, 1.165) is 74.6 Å². The van der Waals surface area contributed by atoms with Crippen LogP contribution in [-0.4, -0.2) is 73.4 Å². The van der Waals surface area contributed by atoms with E-state index in [1.807, 2.05) is 0 Å². The maximum atomic E-state index is 6.22. The minimum absolute atomic E-state index is 0.466. The molecule has 4 aliphatic heterocycles. The van der Waals surface area contributed by atoms with Crippen molar-refractivity contribution in [2.24, 2.45) is 0 Å². The molecule has 0 spiro atoms. The van der Waals surface area contributed by atoms with Gasteiger partial charge in [0.15, 0.2) is 0 Å². The summed E-state index contributed by atoms with van der Waals surface area (Å²) in [6.45, 7) is 8.24. The molecule has 31 heavy (non-hydrogen) atoms. The van der Waals surface area contributed by atoms with Crippen LogP contribution in [0, 0.1) is 0 Å². The third-order valence-electron chi connectivity index (χ3n) is 7.06. The van der Waals surface area contributed by atoms with Crippen molar-refractivity contribution in [2.45, 2.75) is 31.4 Å². The van der Waals surface area contributed by atoms with Crippen molar-refractivity contribution >= 4 is 17.3 Å². The smallest absolute Gasteiger partial charge is 0.143 e. The van der Waals surface area contributed by atoms with Crippen molar-refractivity contribution in [3.63, 3.8) is 0 Å². The van der Waals surface area contributed by atoms with Gasteiger partial charge < -0.3 is 25.0 Å². The van der Waals surface area contributed by atoms with E-state index in [1.165, 1.54) is 24.9 Å². The number of rotatable bonds is 3. The average Bonchev–Trinajstić information content (AvgIpc) is 2.97. The number of piperidine rings is 1. The van der Waals surface area contributed by atoms with Crippen LogP contribution in [0.2, 0.25) is 0 Å². The van der Waals surface area contributed by atoms with Gasteiger partial charge in [0.1, 0.15) is 30.3 Å². The van der Waals surface area contributed by atoms with Gasteiger partial charge in [-0.25, -0.2) is 9.97 Å². The lowest BCUT2D eigenvalue weighted by atomic mass is 9.89. The average molecular weight is 423 g/mol. The highest BCUT2D eigenvalue weighted by Gasteiger charge is 2.30. The summed E-state index contributed by atoms with van der Waals surface area (Å²) in [5.41, 5.74) is 3.41. The molecular weight excluding hydrogens is 392 g/mol. The Hall–Kier alpha value is -2.42. The Morgan fingerprint density at radius 2 is 1.97 bits per heavy atom. The van der Waals surface area contributed by atoms with Gasteiger partial charge in [-0.1, -0.05) is 6.07 Å². The van der Waals surface area contributed by atoms with Crippen molar-refractivity contribution in [3.05, 3.63) is 35.7 Å². The van der Waals surface area contributed by atoms with E-state index in [2.05, 4.69) is 48.6 Å². The lowest BCUT2D eigenvalue weighted by molar-refractivity contribution is 0.110. The molecule has 3 saturated heterocycles. The fourth-order valence-electron chi connectivity index (χ4n) is 5.14. The molecule has 3 fully saturated rings. The number of nitrogens with zero attached hydrogens (tertiary/aromatic N) is 4. The molecule has 6 rings (SSSR count). The number of hydrogen-bond acceptors (Lipinski definition) is 8. The first kappa shape index (κ1) is 19.3. The molecule has 5 heterocycles. The van der Waals surface area contributed by atoms with E-state index in [-0.39, 0.29) is 0 Å². The molecule has 0 bridgehead atoms. The molecule has 0 aliphatic carbocycles. The van der Waals surface area contributed by atoms with Crippen LogP contribution < -0.4 is 20.3 Å². The summed E-state index contributed by atoms with van der Waals surface area (Å²) in [6, 6.07) is 7.36. The van der Waals surface area contributed by atoms with E-state index in [4.69, 9.17) is 9.47 Å². The predicted octanol–water partition coefficient (Wildman–Crippen LogP) is 2.10. The first-order chi connectivity index (χ1) is 15.3. The van der Waals surface area contributed by atoms with Gasteiger partial charge in [0, 0.05) is 38.8 Å². The molecule has 1 aromatic carbocycles. The number of fused-ring (bicyclic) bond motifs is 2. The third-order valence-corrected chi connectivity index (χ3v) is 7.06. The summed E-state index contributed by atoms with van der Waals surface area (Å²) >= 11 is 0. The van der Waals surface area contributed by atoms with Crippen LogP contribution in [0.3, 0.4) is 0 Å². The predicted molar refractivity (Wildman–Crippen MR) is 119 cm³/mol. The third kappa shape index (κ3) is 3.73. The highest BCUT2D eigenvalue weighted by molar-refractivity contribution is 5.71. The van der Waals surface area contributed by atoms with Crippen LogP contribution in [-0.2, 0) is 11.3 Å². The summed E-state index contributed by atoms with van der Waals surface area (Å²) in [7, 11) is 0. The number of aromatic nitrogens is 2. The number of ether oxygens (including phenoxy) is 2. The monoisotopic (exact) mass is 422 g/mol. The molecule has 1 unspecified atom stereocenters. The number of nitrogens with one attached hydrogen (secondary N) is 2. The van der Waals surface area contributed by atoms with Gasteiger partial charge >= 0.3 is 0 Å². The van der Waals surface area contributed by atoms with E-state index >= 15 is 0 Å². The van der Waals surface area contributed by atoms with E-state index in [9.17, 15) is 0 Å². The lowest BCUT2D eigenvalue weighted by Crippen LogP contribution is -2.59. The molecule has 1 atom stereocenters. The normalized spacial score (nSPS) is 24.3. The SMILES string of the molecule is c1nc2c(c(N3CCOCC3)n1)COc1ccc(C3CCCN(C4CNC4)C3)cc1N2. The van der Waals surface area contributed by atoms with Gasteiger partial charge in [-0.05, 0) is 43.0 Å². The van der Waals surface area contributed by atoms with Crippen LogP contribution in [0.1, 0.15) is 29.9 Å². The Morgan fingerprint density at radius 3 is 2.81 bits per heavy atom. The highest BCUT2D eigenvalue weighted by atomic mass is 16.5. The van der Waals surface area contributed by atoms with E-state index < -0.39 is 0 Å². The van der Waals surface area contributed by atoms with Crippen molar-refractivity contribution in [1.29, 1.82) is 0 Å². The van der Waals surface area contributed by atoms with Crippen molar-refractivity contribution in [2.75, 3.05) is 62.7 Å². The second-order valence-electron chi connectivity index (χ2n) is 8.94. The van der Waals surface area contributed by atoms with Gasteiger partial charge in [-0.3, -0.25) is 4.90 Å². The molecule has 4 aliphatic rings. The largest absolute Gasteiger partial charge is 0.486 e. The fraction of sp³-hybridized carbons (Fsp3) is 0.565. The second kappa shape index (κ2) is 8.26. The molecule has 8 heteroatoms. The Morgan fingerprint density at radius 1 is 1.06 bits per heavy atom. The summed E-state index contributed by atoms with van der Waals surface area (Å²) in [4.78, 5) is 14.1. The molecule has 0 radical (unpaired) electrons. The zero-order chi connectivity index (χ0) is 20.6. The van der Waals surface area contributed by atoms with Crippen molar-refractivity contribution in [3.8, 4) is 5.75 Å². The van der Waals surface area contributed by atoms with Crippen molar-refractivity contribution < 1.29 is 9.47 Å². The number of morpholine rings is 1. The fourth-order valence-corrected chi connectivity index (χ4v) is 5.14. The van der Waals surface area contributed by atoms with Crippen LogP contribution in [0.5, 0.6) is 5.75 Å². The lowest BCUT2D eigenvalue weighted by Gasteiger charge is -2.43. The Labute approximate surface area is 182 Å². The maximum Gasteiger partial charge on any atom is 0.143 e. The van der Waals surface area contributed by atoms with E-state index in [1.54, 1.807) is 6.33 Å².